The molecular formula is C15H15Cl2NO. The molecule has 0 amide bonds. The molecule has 0 N–H and O–H groups in total. The van der Waals surface area contributed by atoms with E-state index in [1.807, 2.05) is 49.5 Å². The van der Waals surface area contributed by atoms with Crippen molar-refractivity contribution in [3.05, 3.63) is 53.1 Å². The zero-order valence-corrected chi connectivity index (χ0v) is 12.4. The molecule has 2 aromatic rings. The molecule has 0 saturated carbocycles. The van der Waals surface area contributed by atoms with Crippen LogP contribution in [0.2, 0.25) is 5.02 Å². The lowest BCUT2D eigenvalue weighted by atomic mass is 10.1. The van der Waals surface area contributed by atoms with Gasteiger partial charge in [0.1, 0.15) is 5.75 Å². The van der Waals surface area contributed by atoms with Crippen molar-refractivity contribution in [1.29, 1.82) is 0 Å². The van der Waals surface area contributed by atoms with Gasteiger partial charge in [0.2, 0.25) is 0 Å². The first-order valence-corrected chi connectivity index (χ1v) is 6.79. The maximum atomic E-state index is 6.18. The Bertz CT molecular complexity index is 555. The van der Waals surface area contributed by atoms with Crippen LogP contribution in [0, 0.1) is 0 Å². The Hall–Kier alpha value is -1.38. The molecule has 0 aromatic heterocycles. The van der Waals surface area contributed by atoms with Crippen LogP contribution in [0.1, 0.15) is 5.56 Å². The number of rotatable bonds is 4. The Balaban J connectivity index is 2.37. The number of ether oxygens (including phenoxy) is 1. The summed E-state index contributed by atoms with van der Waals surface area (Å²) in [6, 6.07) is 13.6. The summed E-state index contributed by atoms with van der Waals surface area (Å²) in [4.78, 5) is 2.06. The predicted octanol–water partition coefficient (Wildman–Crippen LogP) is 4.86. The monoisotopic (exact) mass is 295 g/mol. The molecule has 0 spiro atoms. The fourth-order valence-corrected chi connectivity index (χ4v) is 2.52. The second-order valence-corrected chi connectivity index (χ2v) is 4.80. The van der Waals surface area contributed by atoms with Crippen molar-refractivity contribution in [2.45, 2.75) is 5.88 Å². The number of benzene rings is 2. The molecule has 0 heterocycles. The molecule has 4 heteroatoms. The number of methoxy groups -OCH3 is 1. The summed E-state index contributed by atoms with van der Waals surface area (Å²) in [7, 11) is 3.64. The summed E-state index contributed by atoms with van der Waals surface area (Å²) in [6.45, 7) is 0. The molecule has 0 unspecified atom stereocenters. The quantitative estimate of drug-likeness (QED) is 0.747. The van der Waals surface area contributed by atoms with Crippen molar-refractivity contribution in [2.75, 3.05) is 19.1 Å². The SMILES string of the molecule is COc1ccc(N(C)c2cccc(Cl)c2CCl)cc1. The molecule has 2 rings (SSSR count). The maximum absolute atomic E-state index is 6.18. The van der Waals surface area contributed by atoms with Crippen molar-refractivity contribution < 1.29 is 4.74 Å². The third-order valence-corrected chi connectivity index (χ3v) is 3.67. The van der Waals surface area contributed by atoms with Gasteiger partial charge in [-0.15, -0.1) is 11.6 Å². The Morgan fingerprint density at radius 1 is 1.11 bits per heavy atom. The summed E-state index contributed by atoms with van der Waals surface area (Å²) in [5.41, 5.74) is 2.99. The Morgan fingerprint density at radius 3 is 2.37 bits per heavy atom. The van der Waals surface area contributed by atoms with Crippen LogP contribution in [-0.2, 0) is 5.88 Å². The summed E-state index contributed by atoms with van der Waals surface area (Å²) < 4.78 is 5.16. The van der Waals surface area contributed by atoms with Crippen LogP contribution >= 0.6 is 23.2 Å². The van der Waals surface area contributed by atoms with Gasteiger partial charge in [0.25, 0.3) is 0 Å². The first-order chi connectivity index (χ1) is 9.17. The summed E-state index contributed by atoms with van der Waals surface area (Å²) in [5.74, 6) is 1.22. The van der Waals surface area contributed by atoms with Gasteiger partial charge in [-0.25, -0.2) is 0 Å². The van der Waals surface area contributed by atoms with Gasteiger partial charge >= 0.3 is 0 Å². The largest absolute Gasteiger partial charge is 0.497 e. The van der Waals surface area contributed by atoms with E-state index >= 15 is 0 Å². The normalized spacial score (nSPS) is 10.3. The topological polar surface area (TPSA) is 12.5 Å². The third-order valence-electron chi connectivity index (χ3n) is 3.05. The second kappa shape index (κ2) is 6.18. The van der Waals surface area contributed by atoms with Crippen LogP contribution in [0.3, 0.4) is 0 Å². The zero-order chi connectivity index (χ0) is 13.8. The fraction of sp³-hybridized carbons (Fsp3) is 0.200. The maximum Gasteiger partial charge on any atom is 0.119 e. The smallest absolute Gasteiger partial charge is 0.119 e. The average Bonchev–Trinajstić information content (AvgIpc) is 2.46. The molecular weight excluding hydrogens is 281 g/mol. The van der Waals surface area contributed by atoms with E-state index in [0.29, 0.717) is 10.9 Å². The van der Waals surface area contributed by atoms with E-state index in [4.69, 9.17) is 27.9 Å². The van der Waals surface area contributed by atoms with Gasteiger partial charge in [-0.05, 0) is 36.4 Å². The van der Waals surface area contributed by atoms with Gasteiger partial charge in [0.05, 0.1) is 13.0 Å². The molecule has 0 bridgehead atoms. The molecule has 2 nitrogen and oxygen atoms in total. The standard InChI is InChI=1S/C15H15Cl2NO/c1-18(11-6-8-12(19-2)9-7-11)15-5-3-4-14(17)13(15)10-16/h3-9H,10H2,1-2H3. The van der Waals surface area contributed by atoms with E-state index < -0.39 is 0 Å². The minimum Gasteiger partial charge on any atom is -0.497 e. The average molecular weight is 296 g/mol. The number of anilines is 2. The first-order valence-electron chi connectivity index (χ1n) is 5.88. The van der Waals surface area contributed by atoms with Gasteiger partial charge in [-0.3, -0.25) is 0 Å². The minimum absolute atomic E-state index is 0.384. The molecule has 0 radical (unpaired) electrons. The number of nitrogens with zero attached hydrogens (tertiary/aromatic N) is 1. The molecule has 0 aliphatic rings. The molecule has 2 aromatic carbocycles. The van der Waals surface area contributed by atoms with Crippen molar-refractivity contribution in [3.8, 4) is 5.75 Å². The number of halogens is 2. The fourth-order valence-electron chi connectivity index (χ4n) is 1.94. The minimum atomic E-state index is 0.384. The zero-order valence-electron chi connectivity index (χ0n) is 10.9. The molecule has 0 fully saturated rings. The molecule has 0 aliphatic heterocycles. The van der Waals surface area contributed by atoms with E-state index in [-0.39, 0.29) is 0 Å². The Morgan fingerprint density at radius 2 is 1.79 bits per heavy atom. The van der Waals surface area contributed by atoms with E-state index in [9.17, 15) is 0 Å². The van der Waals surface area contributed by atoms with Gasteiger partial charge in [-0.2, -0.15) is 0 Å². The van der Waals surface area contributed by atoms with Gasteiger partial charge in [0.15, 0.2) is 0 Å². The van der Waals surface area contributed by atoms with E-state index in [2.05, 4.69) is 4.90 Å². The van der Waals surface area contributed by atoms with Crippen molar-refractivity contribution in [2.24, 2.45) is 0 Å². The predicted molar refractivity (Wildman–Crippen MR) is 82.1 cm³/mol. The summed E-state index contributed by atoms with van der Waals surface area (Å²) in [6.07, 6.45) is 0. The Kier molecular flexibility index (Phi) is 4.56. The third kappa shape index (κ3) is 2.96. The highest BCUT2D eigenvalue weighted by Gasteiger charge is 2.11. The second-order valence-electron chi connectivity index (χ2n) is 4.13. The van der Waals surface area contributed by atoms with Gasteiger partial charge in [0, 0.05) is 29.0 Å². The van der Waals surface area contributed by atoms with Crippen LogP contribution in [0.5, 0.6) is 5.75 Å². The van der Waals surface area contributed by atoms with E-state index in [0.717, 1.165) is 22.7 Å². The van der Waals surface area contributed by atoms with E-state index in [1.54, 1.807) is 7.11 Å². The van der Waals surface area contributed by atoms with Crippen LogP contribution in [-0.4, -0.2) is 14.2 Å². The van der Waals surface area contributed by atoms with Gasteiger partial charge < -0.3 is 9.64 Å². The van der Waals surface area contributed by atoms with Crippen LogP contribution in [0.15, 0.2) is 42.5 Å². The molecule has 0 atom stereocenters. The van der Waals surface area contributed by atoms with Crippen LogP contribution in [0.25, 0.3) is 0 Å². The van der Waals surface area contributed by atoms with Crippen molar-refractivity contribution in [1.82, 2.24) is 0 Å². The molecule has 19 heavy (non-hydrogen) atoms. The van der Waals surface area contributed by atoms with Crippen molar-refractivity contribution in [3.63, 3.8) is 0 Å². The highest BCUT2D eigenvalue weighted by atomic mass is 35.5. The summed E-state index contributed by atoms with van der Waals surface area (Å²) >= 11 is 12.2. The highest BCUT2D eigenvalue weighted by molar-refractivity contribution is 6.32. The lowest BCUT2D eigenvalue weighted by molar-refractivity contribution is 0.415. The Labute approximate surface area is 123 Å². The highest BCUT2D eigenvalue weighted by Crippen LogP contribution is 2.33. The first kappa shape index (κ1) is 14.0. The van der Waals surface area contributed by atoms with Crippen LogP contribution < -0.4 is 9.64 Å². The van der Waals surface area contributed by atoms with E-state index in [1.165, 1.54) is 0 Å². The number of hydrogen-bond acceptors (Lipinski definition) is 2. The van der Waals surface area contributed by atoms with Gasteiger partial charge in [-0.1, -0.05) is 17.7 Å². The number of hydrogen-bond donors (Lipinski definition) is 0. The van der Waals surface area contributed by atoms with Crippen LogP contribution in [0.4, 0.5) is 11.4 Å². The lowest BCUT2D eigenvalue weighted by Crippen LogP contribution is -2.11. The molecule has 0 saturated heterocycles. The molecule has 0 aliphatic carbocycles. The van der Waals surface area contributed by atoms with Crippen molar-refractivity contribution >= 4 is 34.6 Å². The molecule has 100 valence electrons. The number of alkyl halides is 1. The summed E-state index contributed by atoms with van der Waals surface area (Å²) in [5, 5.41) is 0.688. The lowest BCUT2D eigenvalue weighted by Gasteiger charge is -2.23.